The van der Waals surface area contributed by atoms with Gasteiger partial charge in [0.05, 0.1) is 13.2 Å². The molecule has 0 aliphatic carbocycles. The Morgan fingerprint density at radius 1 is 1.26 bits per heavy atom. The van der Waals surface area contributed by atoms with Gasteiger partial charge < -0.3 is 15.0 Å². The fraction of sp³-hybridized carbons (Fsp3) is 0.278. The number of halogens is 1. The summed E-state index contributed by atoms with van der Waals surface area (Å²) in [5, 5.41) is 3.31. The van der Waals surface area contributed by atoms with E-state index in [1.165, 1.54) is 12.1 Å². The number of methoxy groups -OCH3 is 1. The highest BCUT2D eigenvalue weighted by Crippen LogP contribution is 2.31. The molecule has 2 aromatic rings. The molecule has 1 aliphatic heterocycles. The molecule has 0 radical (unpaired) electrons. The minimum absolute atomic E-state index is 0.143. The van der Waals surface area contributed by atoms with Crippen molar-refractivity contribution < 1.29 is 13.9 Å². The number of rotatable bonds is 3. The van der Waals surface area contributed by atoms with Crippen LogP contribution in [0.2, 0.25) is 0 Å². The Bertz CT molecular complexity index is 705. The maximum atomic E-state index is 13.4. The Hall–Kier alpha value is -2.40. The molecule has 0 spiro atoms. The molecule has 1 N–H and O–H groups in total. The van der Waals surface area contributed by atoms with Gasteiger partial charge in [-0.25, -0.2) is 4.39 Å². The van der Waals surface area contributed by atoms with Crippen molar-refractivity contribution in [2.24, 2.45) is 0 Å². The molecular formula is C18H19FN2O2. The lowest BCUT2D eigenvalue weighted by Crippen LogP contribution is -2.48. The van der Waals surface area contributed by atoms with Gasteiger partial charge in [0.25, 0.3) is 5.91 Å². The Labute approximate surface area is 134 Å². The summed E-state index contributed by atoms with van der Waals surface area (Å²) in [7, 11) is 1.62. The summed E-state index contributed by atoms with van der Waals surface area (Å²) in [5.41, 5.74) is 1.32. The van der Waals surface area contributed by atoms with Crippen LogP contribution in [-0.2, 0) is 0 Å². The van der Waals surface area contributed by atoms with Crippen LogP contribution in [0.4, 0.5) is 4.39 Å². The Balaban J connectivity index is 1.94. The van der Waals surface area contributed by atoms with Crippen molar-refractivity contribution in [2.75, 3.05) is 26.7 Å². The summed E-state index contributed by atoms with van der Waals surface area (Å²) in [6.45, 7) is 1.92. The van der Waals surface area contributed by atoms with Crippen LogP contribution < -0.4 is 10.1 Å². The number of hydrogen-bond donors (Lipinski definition) is 1. The predicted molar refractivity (Wildman–Crippen MR) is 86.0 cm³/mol. The number of carbonyl (C=O) groups is 1. The molecule has 4 nitrogen and oxygen atoms in total. The Morgan fingerprint density at radius 3 is 2.87 bits per heavy atom. The number of amides is 1. The molecule has 1 unspecified atom stereocenters. The molecule has 0 saturated carbocycles. The van der Waals surface area contributed by atoms with Crippen LogP contribution in [0, 0.1) is 5.82 Å². The highest BCUT2D eigenvalue weighted by Gasteiger charge is 2.30. The second kappa shape index (κ2) is 6.79. The third-order valence-electron chi connectivity index (χ3n) is 4.07. The molecule has 1 atom stereocenters. The first-order chi connectivity index (χ1) is 11.2. The molecule has 1 fully saturated rings. The summed E-state index contributed by atoms with van der Waals surface area (Å²) in [5.74, 6) is 0.181. The van der Waals surface area contributed by atoms with E-state index >= 15 is 0 Å². The zero-order valence-electron chi connectivity index (χ0n) is 13.0. The van der Waals surface area contributed by atoms with Crippen LogP contribution in [0.3, 0.4) is 0 Å². The van der Waals surface area contributed by atoms with Gasteiger partial charge in [0.1, 0.15) is 11.6 Å². The van der Waals surface area contributed by atoms with Crippen molar-refractivity contribution in [1.29, 1.82) is 0 Å². The first-order valence-electron chi connectivity index (χ1n) is 7.61. The van der Waals surface area contributed by atoms with Crippen molar-refractivity contribution in [3.05, 3.63) is 65.5 Å². The monoisotopic (exact) mass is 314 g/mol. The number of hydrogen-bond acceptors (Lipinski definition) is 3. The van der Waals surface area contributed by atoms with Gasteiger partial charge in [0, 0.05) is 30.8 Å². The fourth-order valence-corrected chi connectivity index (χ4v) is 2.95. The average Bonchev–Trinajstić information content (AvgIpc) is 2.61. The predicted octanol–water partition coefficient (Wildman–Crippen LogP) is 2.62. The first kappa shape index (κ1) is 15.5. The first-order valence-corrected chi connectivity index (χ1v) is 7.61. The maximum absolute atomic E-state index is 13.4. The van der Waals surface area contributed by atoms with Crippen LogP contribution in [0.1, 0.15) is 22.0 Å². The third-order valence-corrected chi connectivity index (χ3v) is 4.07. The molecule has 3 rings (SSSR count). The van der Waals surface area contributed by atoms with E-state index in [4.69, 9.17) is 4.74 Å². The normalized spacial score (nSPS) is 17.8. The van der Waals surface area contributed by atoms with E-state index in [0.29, 0.717) is 25.2 Å². The Morgan fingerprint density at radius 2 is 2.09 bits per heavy atom. The van der Waals surface area contributed by atoms with Crippen molar-refractivity contribution in [3.63, 3.8) is 0 Å². The number of carbonyl (C=O) groups excluding carboxylic acids is 1. The topological polar surface area (TPSA) is 41.6 Å². The summed E-state index contributed by atoms with van der Waals surface area (Å²) in [6, 6.07) is 13.4. The zero-order valence-corrected chi connectivity index (χ0v) is 13.0. The van der Waals surface area contributed by atoms with Gasteiger partial charge in [-0.15, -0.1) is 0 Å². The summed E-state index contributed by atoms with van der Waals surface area (Å²) >= 11 is 0. The van der Waals surface area contributed by atoms with Crippen molar-refractivity contribution in [1.82, 2.24) is 10.2 Å². The van der Waals surface area contributed by atoms with E-state index in [2.05, 4.69) is 5.32 Å². The number of ether oxygens (including phenoxy) is 1. The highest BCUT2D eigenvalue weighted by atomic mass is 19.1. The highest BCUT2D eigenvalue weighted by molar-refractivity contribution is 5.94. The van der Waals surface area contributed by atoms with Gasteiger partial charge in [0.2, 0.25) is 0 Å². The molecule has 0 aromatic heterocycles. The minimum Gasteiger partial charge on any atom is -0.496 e. The maximum Gasteiger partial charge on any atom is 0.254 e. The lowest BCUT2D eigenvalue weighted by atomic mass is 10.0. The molecule has 2 aromatic carbocycles. The molecular weight excluding hydrogens is 295 g/mol. The van der Waals surface area contributed by atoms with Crippen LogP contribution in [0.15, 0.2) is 48.5 Å². The van der Waals surface area contributed by atoms with E-state index < -0.39 is 5.82 Å². The third kappa shape index (κ3) is 3.19. The second-order valence-electron chi connectivity index (χ2n) is 5.47. The van der Waals surface area contributed by atoms with Gasteiger partial charge in [-0.05, 0) is 24.3 Å². The lowest BCUT2D eigenvalue weighted by molar-refractivity contribution is 0.0631. The number of piperazine rings is 1. The van der Waals surface area contributed by atoms with Crippen molar-refractivity contribution >= 4 is 5.91 Å². The van der Waals surface area contributed by atoms with Gasteiger partial charge in [-0.2, -0.15) is 0 Å². The molecule has 1 amide bonds. The number of benzene rings is 2. The van der Waals surface area contributed by atoms with E-state index in [-0.39, 0.29) is 11.9 Å². The molecule has 23 heavy (non-hydrogen) atoms. The second-order valence-corrected chi connectivity index (χ2v) is 5.47. The van der Waals surface area contributed by atoms with Crippen LogP contribution >= 0.6 is 0 Å². The van der Waals surface area contributed by atoms with E-state index in [0.717, 1.165) is 11.3 Å². The lowest BCUT2D eigenvalue weighted by Gasteiger charge is -2.37. The average molecular weight is 314 g/mol. The molecule has 1 heterocycles. The van der Waals surface area contributed by atoms with Crippen LogP contribution in [0.25, 0.3) is 0 Å². The number of nitrogens with zero attached hydrogens (tertiary/aromatic N) is 1. The van der Waals surface area contributed by atoms with Crippen LogP contribution in [-0.4, -0.2) is 37.6 Å². The standard InChI is InChI=1S/C18H19FN2O2/c1-23-17-8-3-2-7-15(17)16-12-20-9-10-21(16)18(22)13-5-4-6-14(19)11-13/h2-8,11,16,20H,9-10,12H2,1H3. The fourth-order valence-electron chi connectivity index (χ4n) is 2.95. The molecule has 5 heteroatoms. The molecule has 1 saturated heterocycles. The Kier molecular flexibility index (Phi) is 4.57. The van der Waals surface area contributed by atoms with E-state index in [9.17, 15) is 9.18 Å². The summed E-state index contributed by atoms with van der Waals surface area (Å²) < 4.78 is 18.9. The number of nitrogens with one attached hydrogen (secondary N) is 1. The largest absolute Gasteiger partial charge is 0.496 e. The summed E-state index contributed by atoms with van der Waals surface area (Å²) in [6.07, 6.45) is 0. The van der Waals surface area contributed by atoms with Crippen molar-refractivity contribution in [3.8, 4) is 5.75 Å². The molecule has 1 aliphatic rings. The van der Waals surface area contributed by atoms with Gasteiger partial charge in [0.15, 0.2) is 0 Å². The molecule has 0 bridgehead atoms. The van der Waals surface area contributed by atoms with Crippen LogP contribution in [0.5, 0.6) is 5.75 Å². The smallest absolute Gasteiger partial charge is 0.254 e. The summed E-state index contributed by atoms with van der Waals surface area (Å²) in [4.78, 5) is 14.6. The van der Waals surface area contributed by atoms with E-state index in [1.807, 2.05) is 24.3 Å². The van der Waals surface area contributed by atoms with E-state index in [1.54, 1.807) is 24.1 Å². The molecule has 120 valence electrons. The van der Waals surface area contributed by atoms with Gasteiger partial charge in [-0.1, -0.05) is 24.3 Å². The van der Waals surface area contributed by atoms with Crippen molar-refractivity contribution in [2.45, 2.75) is 6.04 Å². The SMILES string of the molecule is COc1ccccc1C1CNCCN1C(=O)c1cccc(F)c1. The quantitative estimate of drug-likeness (QED) is 0.947. The zero-order chi connectivity index (χ0) is 16.2. The minimum atomic E-state index is -0.403. The van der Waals surface area contributed by atoms with Gasteiger partial charge >= 0.3 is 0 Å². The number of para-hydroxylation sites is 1. The van der Waals surface area contributed by atoms with Gasteiger partial charge in [-0.3, -0.25) is 4.79 Å².